The van der Waals surface area contributed by atoms with Gasteiger partial charge in [0, 0.05) is 11.3 Å². The van der Waals surface area contributed by atoms with Gasteiger partial charge in [0.2, 0.25) is 11.7 Å². The Morgan fingerprint density at radius 1 is 1.15 bits per heavy atom. The van der Waals surface area contributed by atoms with E-state index in [1.54, 1.807) is 0 Å². The molecule has 4 bridgehead atoms. The van der Waals surface area contributed by atoms with Crippen LogP contribution >= 0.6 is 0 Å². The molecule has 0 saturated heterocycles. The van der Waals surface area contributed by atoms with Gasteiger partial charge in [-0.05, 0) is 72.6 Å². The molecular weight excluding hydrogens is 326 g/mol. The fraction of sp³-hybridized carbons (Fsp3) is 0.600. The molecule has 2 aromatic rings. The molecule has 136 valence electrons. The predicted octanol–water partition coefficient (Wildman–Crippen LogP) is 3.80. The van der Waals surface area contributed by atoms with Crippen LogP contribution in [0.15, 0.2) is 24.3 Å². The van der Waals surface area contributed by atoms with Gasteiger partial charge in [0.05, 0.1) is 5.41 Å². The number of tetrazole rings is 1. The van der Waals surface area contributed by atoms with E-state index < -0.39 is 0 Å². The molecule has 0 aliphatic heterocycles. The molecular formula is C20H25N5O. The molecule has 6 nitrogen and oxygen atoms in total. The number of aromatic amines is 1. The quantitative estimate of drug-likeness (QED) is 0.881. The first-order valence-electron chi connectivity index (χ1n) is 9.53. The van der Waals surface area contributed by atoms with Crippen molar-refractivity contribution in [2.45, 2.75) is 52.4 Å². The normalized spacial score (nSPS) is 37.7. The van der Waals surface area contributed by atoms with Crippen molar-refractivity contribution >= 4 is 11.6 Å². The molecule has 4 aliphatic carbocycles. The van der Waals surface area contributed by atoms with Crippen molar-refractivity contribution in [1.82, 2.24) is 20.6 Å². The minimum absolute atomic E-state index is 0.198. The van der Waals surface area contributed by atoms with Gasteiger partial charge >= 0.3 is 0 Å². The first-order valence-corrected chi connectivity index (χ1v) is 9.53. The van der Waals surface area contributed by atoms with Crippen LogP contribution in [0.2, 0.25) is 0 Å². The van der Waals surface area contributed by atoms with Crippen molar-refractivity contribution in [1.29, 1.82) is 0 Å². The topological polar surface area (TPSA) is 83.6 Å². The average molecular weight is 351 g/mol. The zero-order chi connectivity index (χ0) is 18.0. The largest absolute Gasteiger partial charge is 0.326 e. The summed E-state index contributed by atoms with van der Waals surface area (Å²) in [7, 11) is 0. The molecule has 0 radical (unpaired) electrons. The van der Waals surface area contributed by atoms with Gasteiger partial charge in [-0.25, -0.2) is 0 Å². The Balaban J connectivity index is 1.42. The highest BCUT2D eigenvalue weighted by atomic mass is 16.2. The molecule has 4 saturated carbocycles. The summed E-state index contributed by atoms with van der Waals surface area (Å²) in [6.07, 6.45) is 6.98. The zero-order valence-electron chi connectivity index (χ0n) is 15.4. The number of amides is 1. The summed E-state index contributed by atoms with van der Waals surface area (Å²) in [5.41, 5.74) is 2.12. The van der Waals surface area contributed by atoms with Gasteiger partial charge in [-0.1, -0.05) is 26.0 Å². The van der Waals surface area contributed by atoms with E-state index in [1.807, 2.05) is 24.3 Å². The molecule has 1 aromatic carbocycles. The number of carbonyl (C=O) groups excluding carboxylic acids is 1. The van der Waals surface area contributed by atoms with E-state index in [0.29, 0.717) is 22.6 Å². The van der Waals surface area contributed by atoms with E-state index in [1.165, 1.54) is 19.3 Å². The molecule has 6 heteroatoms. The number of nitrogens with zero attached hydrogens (tertiary/aromatic N) is 3. The number of hydrogen-bond donors (Lipinski definition) is 2. The number of H-pyrrole nitrogens is 1. The summed E-state index contributed by atoms with van der Waals surface area (Å²) < 4.78 is 0. The maximum Gasteiger partial charge on any atom is 0.230 e. The molecule has 0 unspecified atom stereocenters. The van der Waals surface area contributed by atoms with E-state index in [-0.39, 0.29) is 11.3 Å². The Morgan fingerprint density at radius 3 is 2.58 bits per heavy atom. The standard InChI is InChI=1S/C20H25N5O/c1-18-7-13-8-19(2,10-18)12-20(9-13,11-18)17(26)21-15-5-3-4-14(6-15)16-22-24-25-23-16/h3-6,13H,7-12H2,1-2H3,(H,21,26)(H,22,23,24,25)/t13?,18-,19-,20?/m1/s1. The number of nitrogens with one attached hydrogen (secondary N) is 2. The second-order valence-corrected chi connectivity index (χ2v) is 9.68. The van der Waals surface area contributed by atoms with Crippen molar-refractivity contribution in [3.05, 3.63) is 24.3 Å². The molecule has 1 heterocycles. The third-order valence-corrected chi connectivity index (χ3v) is 6.83. The molecule has 1 aromatic heterocycles. The summed E-state index contributed by atoms with van der Waals surface area (Å²) >= 11 is 0. The Labute approximate surface area is 153 Å². The highest BCUT2D eigenvalue weighted by Crippen LogP contribution is 2.69. The molecule has 0 spiro atoms. The molecule has 4 aliphatic rings. The monoisotopic (exact) mass is 351 g/mol. The van der Waals surface area contributed by atoms with Crippen LogP contribution in [0.5, 0.6) is 0 Å². The SMILES string of the molecule is C[C@]12CC3CC(C(=O)Nc4cccc(-c5nn[nH]n5)c4)(C1)C[C@](C)(C3)C2. The lowest BCUT2D eigenvalue weighted by Gasteiger charge is -2.64. The Morgan fingerprint density at radius 2 is 1.92 bits per heavy atom. The van der Waals surface area contributed by atoms with Crippen LogP contribution in [-0.4, -0.2) is 26.5 Å². The first-order chi connectivity index (χ1) is 12.4. The van der Waals surface area contributed by atoms with Gasteiger partial charge in [-0.15, -0.1) is 10.2 Å². The molecule has 6 rings (SSSR count). The number of rotatable bonds is 3. The lowest BCUT2D eigenvalue weighted by molar-refractivity contribution is -0.165. The number of anilines is 1. The summed E-state index contributed by atoms with van der Waals surface area (Å²) in [4.78, 5) is 13.4. The Bertz CT molecular complexity index is 843. The molecule has 26 heavy (non-hydrogen) atoms. The smallest absolute Gasteiger partial charge is 0.230 e. The molecule has 2 N–H and O–H groups in total. The maximum absolute atomic E-state index is 13.4. The van der Waals surface area contributed by atoms with E-state index in [4.69, 9.17) is 0 Å². The van der Waals surface area contributed by atoms with Crippen LogP contribution in [-0.2, 0) is 4.79 Å². The van der Waals surface area contributed by atoms with Crippen molar-refractivity contribution in [3.8, 4) is 11.4 Å². The summed E-state index contributed by atoms with van der Waals surface area (Å²) in [6.45, 7) is 4.79. The zero-order valence-corrected chi connectivity index (χ0v) is 15.4. The number of benzene rings is 1. The predicted molar refractivity (Wildman–Crippen MR) is 98.1 cm³/mol. The van der Waals surface area contributed by atoms with E-state index in [0.717, 1.165) is 30.5 Å². The van der Waals surface area contributed by atoms with Crippen molar-refractivity contribution in [3.63, 3.8) is 0 Å². The van der Waals surface area contributed by atoms with Crippen molar-refractivity contribution in [2.24, 2.45) is 22.2 Å². The summed E-state index contributed by atoms with van der Waals surface area (Å²) in [5, 5.41) is 17.3. The minimum Gasteiger partial charge on any atom is -0.326 e. The maximum atomic E-state index is 13.4. The van der Waals surface area contributed by atoms with Crippen LogP contribution in [0.4, 0.5) is 5.69 Å². The third kappa shape index (κ3) is 2.46. The number of carbonyl (C=O) groups is 1. The van der Waals surface area contributed by atoms with Gasteiger partial charge in [-0.2, -0.15) is 5.21 Å². The van der Waals surface area contributed by atoms with Crippen LogP contribution in [0.25, 0.3) is 11.4 Å². The minimum atomic E-state index is -0.203. The second kappa shape index (κ2) is 5.15. The highest BCUT2D eigenvalue weighted by molar-refractivity contribution is 5.96. The van der Waals surface area contributed by atoms with E-state index >= 15 is 0 Å². The lowest BCUT2D eigenvalue weighted by Crippen LogP contribution is -2.58. The Kier molecular flexibility index (Phi) is 3.16. The summed E-state index contributed by atoms with van der Waals surface area (Å²) in [6, 6.07) is 7.70. The average Bonchev–Trinajstić information content (AvgIpc) is 3.06. The van der Waals surface area contributed by atoms with Gasteiger partial charge < -0.3 is 5.32 Å². The third-order valence-electron chi connectivity index (χ3n) is 6.83. The lowest BCUT2D eigenvalue weighted by atomic mass is 9.40. The molecule has 4 fully saturated rings. The molecule has 1 amide bonds. The number of aromatic nitrogens is 4. The van der Waals surface area contributed by atoms with Crippen molar-refractivity contribution in [2.75, 3.05) is 5.32 Å². The van der Waals surface area contributed by atoms with Crippen LogP contribution in [0.3, 0.4) is 0 Å². The van der Waals surface area contributed by atoms with Gasteiger partial charge in [-0.3, -0.25) is 4.79 Å². The fourth-order valence-electron chi connectivity index (χ4n) is 6.98. The van der Waals surface area contributed by atoms with Crippen LogP contribution in [0.1, 0.15) is 52.4 Å². The molecule has 2 atom stereocenters. The van der Waals surface area contributed by atoms with Crippen LogP contribution in [0, 0.1) is 22.2 Å². The first kappa shape index (κ1) is 16.0. The van der Waals surface area contributed by atoms with Gasteiger partial charge in [0.25, 0.3) is 0 Å². The highest BCUT2D eigenvalue weighted by Gasteiger charge is 2.62. The van der Waals surface area contributed by atoms with Crippen LogP contribution < -0.4 is 5.32 Å². The van der Waals surface area contributed by atoms with E-state index in [2.05, 4.69) is 39.8 Å². The van der Waals surface area contributed by atoms with Crippen molar-refractivity contribution < 1.29 is 4.79 Å². The van der Waals surface area contributed by atoms with Gasteiger partial charge in [0.1, 0.15) is 0 Å². The number of hydrogen-bond acceptors (Lipinski definition) is 4. The second-order valence-electron chi connectivity index (χ2n) is 9.68. The van der Waals surface area contributed by atoms with E-state index in [9.17, 15) is 4.79 Å². The Hall–Kier alpha value is -2.24. The fourth-order valence-corrected chi connectivity index (χ4v) is 6.98. The summed E-state index contributed by atoms with van der Waals surface area (Å²) in [5.74, 6) is 1.44. The van der Waals surface area contributed by atoms with Gasteiger partial charge in [0.15, 0.2) is 0 Å².